The molecule has 1 unspecified atom stereocenters. The number of ether oxygens (including phenoxy) is 2. The number of alkyl carbamates (subject to hydrolysis) is 1. The molecular weight excluding hydrogens is 729 g/mol. The fourth-order valence-corrected chi connectivity index (χ4v) is 9.04. The number of aliphatic hydroxyl groups excluding tert-OH is 1. The summed E-state index contributed by atoms with van der Waals surface area (Å²) in [6.45, 7) is 4.64. The van der Waals surface area contributed by atoms with E-state index in [1.807, 2.05) is 72.1 Å². The second-order valence-corrected chi connectivity index (χ2v) is 16.1. The minimum atomic E-state index is -0.782. The van der Waals surface area contributed by atoms with Gasteiger partial charge >= 0.3 is 6.09 Å². The van der Waals surface area contributed by atoms with Crippen LogP contribution in [0.15, 0.2) is 101 Å². The number of hydrogen-bond donors (Lipinski definition) is 5. The van der Waals surface area contributed by atoms with Gasteiger partial charge in [-0.1, -0.05) is 67.4 Å². The van der Waals surface area contributed by atoms with Crippen LogP contribution in [0.4, 0.5) is 4.79 Å². The minimum Gasteiger partial charge on any atom is -0.506 e. The van der Waals surface area contributed by atoms with Crippen molar-refractivity contribution in [3.63, 3.8) is 0 Å². The number of aromatic hydroxyl groups is 1. The van der Waals surface area contributed by atoms with E-state index < -0.39 is 18.2 Å². The lowest BCUT2D eigenvalue weighted by Gasteiger charge is -2.51. The van der Waals surface area contributed by atoms with E-state index in [0.29, 0.717) is 53.1 Å². The summed E-state index contributed by atoms with van der Waals surface area (Å²) in [6.07, 6.45) is 4.27. The van der Waals surface area contributed by atoms with Crippen molar-refractivity contribution < 1.29 is 33.8 Å². The molecule has 3 aromatic carbocycles. The number of fused-ring (bicyclic) bond motifs is 4. The second kappa shape index (κ2) is 18.3. The number of Topliss-reactive ketones (excluding diaryl/α,β-unsaturated/α-hetero) is 1. The number of amides is 1. The highest BCUT2D eigenvalue weighted by Gasteiger charge is 2.48. The zero-order valence-electron chi connectivity index (χ0n) is 31.5. The number of unbranched alkanes of at least 4 members (excludes halogenated alkanes) is 3. The van der Waals surface area contributed by atoms with E-state index in [4.69, 9.17) is 9.47 Å². The number of thiophene rings is 1. The Bertz CT molecular complexity index is 2130. The molecule has 56 heavy (non-hydrogen) atoms. The zero-order valence-corrected chi connectivity index (χ0v) is 32.3. The third kappa shape index (κ3) is 9.67. The summed E-state index contributed by atoms with van der Waals surface area (Å²) in [4.78, 5) is 42.0. The number of phenolic OH excluding ortho intramolecular Hbond substituents is 1. The largest absolute Gasteiger partial charge is 0.506 e. The summed E-state index contributed by atoms with van der Waals surface area (Å²) in [5, 5.41) is 30.0. The summed E-state index contributed by atoms with van der Waals surface area (Å²) in [5.41, 5.74) is 2.31. The van der Waals surface area contributed by atoms with E-state index in [0.717, 1.165) is 79.9 Å². The number of H-pyrrole nitrogens is 1. The van der Waals surface area contributed by atoms with Gasteiger partial charge in [0.05, 0.1) is 37.4 Å². The highest BCUT2D eigenvalue weighted by Crippen LogP contribution is 2.36. The summed E-state index contributed by atoms with van der Waals surface area (Å²) in [7, 11) is 0. The molecule has 3 aliphatic heterocycles. The minimum absolute atomic E-state index is 0.0272. The van der Waals surface area contributed by atoms with E-state index in [-0.39, 0.29) is 23.2 Å². The number of carbonyl (C=O) groups is 2. The van der Waals surface area contributed by atoms with Crippen molar-refractivity contribution in [3.8, 4) is 11.5 Å². The Morgan fingerprint density at radius 2 is 1.75 bits per heavy atom. The van der Waals surface area contributed by atoms with Gasteiger partial charge in [-0.3, -0.25) is 9.59 Å². The van der Waals surface area contributed by atoms with Gasteiger partial charge in [0.1, 0.15) is 24.6 Å². The van der Waals surface area contributed by atoms with Crippen LogP contribution in [0.5, 0.6) is 11.5 Å². The van der Waals surface area contributed by atoms with Gasteiger partial charge in [0.2, 0.25) is 11.3 Å². The van der Waals surface area contributed by atoms with Crippen molar-refractivity contribution in [1.82, 2.24) is 15.6 Å². The summed E-state index contributed by atoms with van der Waals surface area (Å²) >= 11 is 1.58. The molecule has 12 heteroatoms. The number of quaternary nitrogens is 1. The Morgan fingerprint density at radius 3 is 2.55 bits per heavy atom. The number of nitrogens with one attached hydrogen (secondary N) is 3. The molecule has 3 saturated heterocycles. The normalized spacial score (nSPS) is 20.0. The molecule has 3 fully saturated rings. The van der Waals surface area contributed by atoms with Gasteiger partial charge in [-0.15, -0.1) is 11.3 Å². The molecule has 0 aliphatic carbocycles. The van der Waals surface area contributed by atoms with Gasteiger partial charge < -0.3 is 39.8 Å². The number of aromatic amines is 1. The Morgan fingerprint density at radius 1 is 0.929 bits per heavy atom. The van der Waals surface area contributed by atoms with Gasteiger partial charge in [0.25, 0.3) is 0 Å². The zero-order chi connectivity index (χ0) is 38.9. The van der Waals surface area contributed by atoms with Crippen molar-refractivity contribution in [1.29, 1.82) is 0 Å². The van der Waals surface area contributed by atoms with Crippen LogP contribution < -0.4 is 20.9 Å². The number of carbonyl (C=O) groups excluding carboxylic acids is 2. The molecule has 0 radical (unpaired) electrons. The average molecular weight is 780 g/mol. The molecule has 0 saturated carbocycles. The van der Waals surface area contributed by atoms with E-state index in [1.165, 1.54) is 12.1 Å². The van der Waals surface area contributed by atoms with Crippen LogP contribution in [0.2, 0.25) is 0 Å². The number of aromatic nitrogens is 1. The molecule has 1 amide bonds. The van der Waals surface area contributed by atoms with Gasteiger partial charge in [0, 0.05) is 47.2 Å². The first kappa shape index (κ1) is 39.2. The highest BCUT2D eigenvalue weighted by molar-refractivity contribution is 7.10. The number of phenols is 1. The summed E-state index contributed by atoms with van der Waals surface area (Å²) < 4.78 is 13.0. The molecule has 2 aromatic heterocycles. The summed E-state index contributed by atoms with van der Waals surface area (Å²) in [6, 6.07) is 27.1. The number of rotatable bonds is 18. The first-order chi connectivity index (χ1) is 27.3. The quantitative estimate of drug-likeness (QED) is 0.0368. The first-order valence-electron chi connectivity index (χ1n) is 19.7. The third-order valence-corrected chi connectivity index (χ3v) is 12.2. The van der Waals surface area contributed by atoms with Crippen molar-refractivity contribution in [2.24, 2.45) is 5.92 Å². The van der Waals surface area contributed by atoms with E-state index in [1.54, 1.807) is 23.5 Å². The number of ketones is 1. The fraction of sp³-hybridized carbons (Fsp3) is 0.386. The van der Waals surface area contributed by atoms with E-state index in [2.05, 4.69) is 15.6 Å². The third-order valence-electron chi connectivity index (χ3n) is 11.3. The predicted molar refractivity (Wildman–Crippen MR) is 217 cm³/mol. The number of hydrogen-bond acceptors (Lipinski definition) is 9. The lowest BCUT2D eigenvalue weighted by atomic mass is 9.83. The van der Waals surface area contributed by atoms with Crippen LogP contribution in [-0.4, -0.2) is 83.5 Å². The Kier molecular flexibility index (Phi) is 12.8. The Labute approximate surface area is 330 Å². The van der Waals surface area contributed by atoms with Gasteiger partial charge in [-0.25, -0.2) is 4.79 Å². The maximum absolute atomic E-state index is 13.5. The van der Waals surface area contributed by atoms with Crippen molar-refractivity contribution in [2.45, 2.75) is 56.8 Å². The molecular formula is C44H51N4O7S+. The SMILES string of the molecule is O=C(NC(c1cccc(OCCCCCCNC[C@@H](O)c2ccc(O)c3[nH]c(=O)ccc23)c1)c1cccs1)O[C@H]1C[N+]2(CC(=O)c3ccccc3)CCC1CC2. The smallest absolute Gasteiger partial charge is 0.408 e. The van der Waals surface area contributed by atoms with Crippen LogP contribution in [-0.2, 0) is 4.74 Å². The Balaban J connectivity index is 0.851. The highest BCUT2D eigenvalue weighted by atomic mass is 32.1. The molecule has 294 valence electrons. The number of nitrogens with zero attached hydrogens (tertiary/aromatic N) is 1. The molecule has 11 nitrogen and oxygen atoms in total. The Hall–Kier alpha value is -5.01. The topological polar surface area (TPSA) is 150 Å². The molecule has 2 bridgehead atoms. The molecule has 5 heterocycles. The number of piperidine rings is 3. The van der Waals surface area contributed by atoms with Crippen molar-refractivity contribution in [3.05, 3.63) is 128 Å². The van der Waals surface area contributed by atoms with E-state index >= 15 is 0 Å². The summed E-state index contributed by atoms with van der Waals surface area (Å²) in [5.74, 6) is 1.16. The number of aliphatic hydroxyl groups is 1. The standard InChI is InChI=1S/C44H50N4O7S/c49-36-17-15-34(35-16-18-41(52)46-43(35)36)37(50)27-45-21-6-1-2-7-24-54-33-13-8-12-32(26-33)42(40-14-9-25-56-40)47-44(53)55-39-29-48(22-19-31(39)20-23-48)28-38(51)30-10-4-3-5-11-30/h3-5,8-18,25-26,31,37,39,42,45,50H,1-2,6-7,19-24,27-29H2,(H2-,46,47,49,52,53)/p+1/t31?,37-,39+,42?,48?/m1/s1. The van der Waals surface area contributed by atoms with Gasteiger partial charge in [-0.05, 0) is 66.2 Å². The molecule has 5 N–H and O–H groups in total. The average Bonchev–Trinajstić information content (AvgIpc) is 3.75. The van der Waals surface area contributed by atoms with Crippen molar-refractivity contribution in [2.75, 3.05) is 45.9 Å². The molecule has 5 aromatic rings. The van der Waals surface area contributed by atoms with Crippen LogP contribution >= 0.6 is 11.3 Å². The predicted octanol–water partition coefficient (Wildman–Crippen LogP) is 6.87. The molecule has 3 aliphatic rings. The number of pyridine rings is 1. The lowest BCUT2D eigenvalue weighted by molar-refractivity contribution is -0.938. The fourth-order valence-electron chi connectivity index (χ4n) is 8.24. The van der Waals surface area contributed by atoms with Crippen LogP contribution in [0, 0.1) is 5.92 Å². The molecule has 3 atom stereocenters. The second-order valence-electron chi connectivity index (χ2n) is 15.1. The maximum Gasteiger partial charge on any atom is 0.408 e. The molecule has 8 rings (SSSR count). The van der Waals surface area contributed by atoms with Crippen LogP contribution in [0.3, 0.4) is 0 Å². The van der Waals surface area contributed by atoms with Crippen LogP contribution in [0.1, 0.15) is 77.0 Å². The van der Waals surface area contributed by atoms with Crippen LogP contribution in [0.25, 0.3) is 10.9 Å². The monoisotopic (exact) mass is 779 g/mol. The molecule has 0 spiro atoms. The number of benzene rings is 3. The lowest BCUT2D eigenvalue weighted by Crippen LogP contribution is -2.66. The van der Waals surface area contributed by atoms with Gasteiger partial charge in [-0.2, -0.15) is 0 Å². The maximum atomic E-state index is 13.5. The van der Waals surface area contributed by atoms with Crippen molar-refractivity contribution >= 4 is 34.1 Å². The van der Waals surface area contributed by atoms with E-state index in [9.17, 15) is 24.6 Å². The first-order valence-corrected chi connectivity index (χ1v) is 20.6. The van der Waals surface area contributed by atoms with Gasteiger partial charge in [0.15, 0.2) is 6.10 Å².